The van der Waals surface area contributed by atoms with Crippen LogP contribution in [0.15, 0.2) is 48.7 Å². The Bertz CT molecular complexity index is 961. The number of hydrogen-bond donors (Lipinski definition) is 1. The lowest BCUT2D eigenvalue weighted by Crippen LogP contribution is -2.39. The number of rotatable bonds is 5. The Morgan fingerprint density at radius 2 is 1.96 bits per heavy atom. The largest absolute Gasteiger partial charge is 0.347 e. The van der Waals surface area contributed by atoms with Crippen molar-refractivity contribution in [1.29, 1.82) is 0 Å². The molecule has 1 aromatic heterocycles. The van der Waals surface area contributed by atoms with E-state index in [0.717, 1.165) is 29.4 Å². The topological polar surface area (TPSA) is 20.2 Å². The van der Waals surface area contributed by atoms with Gasteiger partial charge in [0.15, 0.2) is 5.11 Å². The Morgan fingerprint density at radius 1 is 1.22 bits per heavy atom. The molecule has 27 heavy (non-hydrogen) atoms. The summed E-state index contributed by atoms with van der Waals surface area (Å²) in [7, 11) is 0. The first-order valence-corrected chi connectivity index (χ1v) is 10.1. The summed E-state index contributed by atoms with van der Waals surface area (Å²) in [6, 6.07) is 14.7. The van der Waals surface area contributed by atoms with Gasteiger partial charge < -0.3 is 14.8 Å². The lowest BCUT2D eigenvalue weighted by molar-refractivity contribution is 0.349. The third-order valence-corrected chi connectivity index (χ3v) is 5.60. The van der Waals surface area contributed by atoms with Gasteiger partial charge in [-0.05, 0) is 69.2 Å². The summed E-state index contributed by atoms with van der Waals surface area (Å²) in [6.45, 7) is 10.2. The zero-order valence-electron chi connectivity index (χ0n) is 16.3. The van der Waals surface area contributed by atoms with Gasteiger partial charge in [0, 0.05) is 46.9 Å². The van der Waals surface area contributed by atoms with Gasteiger partial charge in [0.05, 0.1) is 0 Å². The molecule has 5 heteroatoms. The average Bonchev–Trinajstić information content (AvgIpc) is 3.00. The van der Waals surface area contributed by atoms with E-state index >= 15 is 0 Å². The van der Waals surface area contributed by atoms with Gasteiger partial charge in [0.1, 0.15) is 0 Å². The zero-order chi connectivity index (χ0) is 19.6. The Hall–Kier alpha value is -2.04. The molecular formula is C22H26ClN3S. The number of benzene rings is 2. The molecular weight excluding hydrogens is 374 g/mol. The number of aryl methyl sites for hydroxylation is 2. The minimum Gasteiger partial charge on any atom is -0.347 e. The molecule has 0 amide bonds. The van der Waals surface area contributed by atoms with Crippen molar-refractivity contribution in [3.8, 4) is 0 Å². The maximum atomic E-state index is 6.25. The van der Waals surface area contributed by atoms with E-state index in [1.54, 1.807) is 0 Å². The smallest absolute Gasteiger partial charge is 0.173 e. The molecule has 3 nitrogen and oxygen atoms in total. The Kier molecular flexibility index (Phi) is 6.08. The first-order valence-electron chi connectivity index (χ1n) is 9.31. The summed E-state index contributed by atoms with van der Waals surface area (Å²) in [5, 5.41) is 6.08. The van der Waals surface area contributed by atoms with Gasteiger partial charge in [0.25, 0.3) is 0 Å². The van der Waals surface area contributed by atoms with Crippen molar-refractivity contribution in [2.75, 3.05) is 5.32 Å². The molecule has 2 aromatic carbocycles. The van der Waals surface area contributed by atoms with Gasteiger partial charge in [-0.25, -0.2) is 0 Å². The minimum atomic E-state index is 0.273. The van der Waals surface area contributed by atoms with E-state index in [1.165, 1.54) is 16.5 Å². The Labute approximate surface area is 171 Å². The number of halogens is 1. The molecule has 142 valence electrons. The average molecular weight is 400 g/mol. The summed E-state index contributed by atoms with van der Waals surface area (Å²) in [6.07, 6.45) is 2.24. The van der Waals surface area contributed by atoms with Gasteiger partial charge in [-0.2, -0.15) is 0 Å². The summed E-state index contributed by atoms with van der Waals surface area (Å²) in [5.74, 6) is 0. The van der Waals surface area contributed by atoms with Gasteiger partial charge in [-0.15, -0.1) is 0 Å². The van der Waals surface area contributed by atoms with Crippen molar-refractivity contribution < 1.29 is 0 Å². The number of thiocarbonyl (C=S) groups is 1. The minimum absolute atomic E-state index is 0.273. The summed E-state index contributed by atoms with van der Waals surface area (Å²) in [4.78, 5) is 2.21. The van der Waals surface area contributed by atoms with E-state index in [0.29, 0.717) is 5.11 Å². The molecule has 0 aliphatic heterocycles. The summed E-state index contributed by atoms with van der Waals surface area (Å²) >= 11 is 12.0. The van der Waals surface area contributed by atoms with Gasteiger partial charge in [0.2, 0.25) is 0 Å². The van der Waals surface area contributed by atoms with Crippen molar-refractivity contribution >= 4 is 45.5 Å². The standard InChI is InChI=1S/C22H26ClN3S/c1-5-25-13-17(19-8-6-7-9-21(19)25)14-26(15(2)3)22(27)24-18-11-10-16(4)20(23)12-18/h6-13,15H,5,14H2,1-4H3,(H,24,27). The highest BCUT2D eigenvalue weighted by atomic mass is 35.5. The van der Waals surface area contributed by atoms with Crippen molar-refractivity contribution in [2.45, 2.75) is 46.8 Å². The Morgan fingerprint density at radius 3 is 2.63 bits per heavy atom. The fourth-order valence-corrected chi connectivity index (χ4v) is 3.82. The lowest BCUT2D eigenvalue weighted by Gasteiger charge is -2.29. The van der Waals surface area contributed by atoms with Crippen LogP contribution in [-0.4, -0.2) is 20.6 Å². The first kappa shape index (κ1) is 19.7. The number of para-hydroxylation sites is 1. The second-order valence-electron chi connectivity index (χ2n) is 7.07. The molecule has 3 rings (SSSR count). The molecule has 0 aliphatic rings. The van der Waals surface area contributed by atoms with Gasteiger partial charge in [-0.3, -0.25) is 0 Å². The highest BCUT2D eigenvalue weighted by molar-refractivity contribution is 7.80. The SMILES string of the molecule is CCn1cc(CN(C(=S)Nc2ccc(C)c(Cl)c2)C(C)C)c2ccccc21. The van der Waals surface area contributed by atoms with Gasteiger partial charge >= 0.3 is 0 Å². The molecule has 1 heterocycles. The van der Waals surface area contributed by atoms with Crippen LogP contribution in [-0.2, 0) is 13.1 Å². The molecule has 0 aliphatic carbocycles. The number of anilines is 1. The number of hydrogen-bond acceptors (Lipinski definition) is 1. The van der Waals surface area contributed by atoms with Crippen LogP contribution in [0, 0.1) is 6.92 Å². The van der Waals surface area contributed by atoms with Crippen molar-refractivity contribution in [3.05, 3.63) is 64.8 Å². The third kappa shape index (κ3) is 4.28. The second kappa shape index (κ2) is 8.32. The summed E-state index contributed by atoms with van der Waals surface area (Å²) < 4.78 is 2.29. The van der Waals surface area contributed by atoms with E-state index in [4.69, 9.17) is 23.8 Å². The van der Waals surface area contributed by atoms with E-state index in [-0.39, 0.29) is 6.04 Å². The van der Waals surface area contributed by atoms with E-state index in [9.17, 15) is 0 Å². The molecule has 3 aromatic rings. The van der Waals surface area contributed by atoms with Crippen LogP contribution in [0.1, 0.15) is 31.9 Å². The first-order chi connectivity index (χ1) is 12.9. The van der Waals surface area contributed by atoms with Crippen LogP contribution in [0.2, 0.25) is 5.02 Å². The number of aromatic nitrogens is 1. The number of nitrogens with zero attached hydrogens (tertiary/aromatic N) is 2. The Balaban J connectivity index is 1.86. The lowest BCUT2D eigenvalue weighted by atomic mass is 10.1. The van der Waals surface area contributed by atoms with Crippen molar-refractivity contribution in [1.82, 2.24) is 9.47 Å². The van der Waals surface area contributed by atoms with Crippen LogP contribution in [0.3, 0.4) is 0 Å². The quantitative estimate of drug-likeness (QED) is 0.513. The molecule has 0 atom stereocenters. The molecule has 0 bridgehead atoms. The van der Waals surface area contributed by atoms with Crippen molar-refractivity contribution in [3.63, 3.8) is 0 Å². The van der Waals surface area contributed by atoms with E-state index < -0.39 is 0 Å². The molecule has 1 N–H and O–H groups in total. The molecule has 0 spiro atoms. The second-order valence-corrected chi connectivity index (χ2v) is 7.87. The predicted octanol–water partition coefficient (Wildman–Crippen LogP) is 6.23. The predicted molar refractivity (Wildman–Crippen MR) is 121 cm³/mol. The van der Waals surface area contributed by atoms with E-state index in [1.807, 2.05) is 25.1 Å². The van der Waals surface area contributed by atoms with Crippen LogP contribution in [0.25, 0.3) is 10.9 Å². The molecule has 0 unspecified atom stereocenters. The zero-order valence-corrected chi connectivity index (χ0v) is 17.9. The van der Waals surface area contributed by atoms with Crippen molar-refractivity contribution in [2.24, 2.45) is 0 Å². The maximum absolute atomic E-state index is 6.25. The molecule has 0 saturated heterocycles. The number of fused-ring (bicyclic) bond motifs is 1. The van der Waals surface area contributed by atoms with Crippen LogP contribution in [0.5, 0.6) is 0 Å². The molecule has 0 fully saturated rings. The summed E-state index contributed by atoms with van der Waals surface area (Å²) in [5.41, 5.74) is 4.52. The third-order valence-electron chi connectivity index (χ3n) is 4.86. The fraction of sp³-hybridized carbons (Fsp3) is 0.318. The monoisotopic (exact) mass is 399 g/mol. The van der Waals surface area contributed by atoms with Crippen LogP contribution >= 0.6 is 23.8 Å². The molecule has 0 saturated carbocycles. The number of nitrogens with one attached hydrogen (secondary N) is 1. The molecule has 0 radical (unpaired) electrons. The highest BCUT2D eigenvalue weighted by Gasteiger charge is 2.17. The fourth-order valence-electron chi connectivity index (χ4n) is 3.25. The normalized spacial score (nSPS) is 11.2. The maximum Gasteiger partial charge on any atom is 0.173 e. The van der Waals surface area contributed by atoms with Gasteiger partial charge in [-0.1, -0.05) is 35.9 Å². The van der Waals surface area contributed by atoms with Crippen LogP contribution in [0.4, 0.5) is 5.69 Å². The highest BCUT2D eigenvalue weighted by Crippen LogP contribution is 2.25. The van der Waals surface area contributed by atoms with E-state index in [2.05, 4.69) is 66.0 Å². The van der Waals surface area contributed by atoms with Crippen LogP contribution < -0.4 is 5.32 Å².